The van der Waals surface area contributed by atoms with Gasteiger partial charge in [0, 0.05) is 13.0 Å². The molecule has 0 aliphatic carbocycles. The average molecular weight is 248 g/mol. The van der Waals surface area contributed by atoms with Gasteiger partial charge in [0.2, 0.25) is 5.91 Å². The van der Waals surface area contributed by atoms with Crippen LogP contribution in [-0.2, 0) is 9.53 Å². The van der Waals surface area contributed by atoms with E-state index in [4.69, 9.17) is 16.3 Å². The van der Waals surface area contributed by atoms with E-state index >= 15 is 0 Å². The molecule has 94 valence electrons. The summed E-state index contributed by atoms with van der Waals surface area (Å²) < 4.78 is 5.53. The molecule has 0 aromatic carbocycles. The minimum Gasteiger partial charge on any atom is -0.373 e. The summed E-state index contributed by atoms with van der Waals surface area (Å²) in [5, 5.41) is 0. The molecular weight excluding hydrogens is 226 g/mol. The molecule has 4 heteroatoms. The highest BCUT2D eigenvalue weighted by Gasteiger charge is 2.29. The molecule has 1 amide bonds. The highest BCUT2D eigenvalue weighted by atomic mass is 35.5. The quantitative estimate of drug-likeness (QED) is 0.714. The molecule has 1 fully saturated rings. The second-order valence-corrected chi connectivity index (χ2v) is 5.03. The molecular formula is C12H22ClNO2. The van der Waals surface area contributed by atoms with Crippen LogP contribution in [0, 0.1) is 5.92 Å². The van der Waals surface area contributed by atoms with Crippen LogP contribution in [0.4, 0.5) is 0 Å². The Morgan fingerprint density at radius 2 is 2.31 bits per heavy atom. The third-order valence-electron chi connectivity index (χ3n) is 3.22. The van der Waals surface area contributed by atoms with Crippen molar-refractivity contribution in [2.45, 2.75) is 45.8 Å². The van der Waals surface area contributed by atoms with Crippen LogP contribution < -0.4 is 0 Å². The molecule has 1 aliphatic heterocycles. The molecule has 0 saturated carbocycles. The second kappa shape index (κ2) is 6.45. The van der Waals surface area contributed by atoms with E-state index in [1.165, 1.54) is 0 Å². The second-order valence-electron chi connectivity index (χ2n) is 4.72. The molecule has 3 unspecified atom stereocenters. The lowest BCUT2D eigenvalue weighted by Gasteiger charge is -2.38. The first-order valence-electron chi connectivity index (χ1n) is 6.05. The molecule has 1 saturated heterocycles. The van der Waals surface area contributed by atoms with Crippen LogP contribution in [0.15, 0.2) is 0 Å². The van der Waals surface area contributed by atoms with Gasteiger partial charge in [0.1, 0.15) is 0 Å². The van der Waals surface area contributed by atoms with Crippen LogP contribution in [0.3, 0.4) is 0 Å². The Labute approximate surface area is 103 Å². The van der Waals surface area contributed by atoms with E-state index in [1.807, 2.05) is 11.8 Å². The molecule has 3 atom stereocenters. The molecule has 0 aromatic rings. The third kappa shape index (κ3) is 3.63. The standard InChI is InChI=1S/C12H22ClNO2/c1-4-9(2)5-12(15)14-7-11(6-13)16-8-10(14)3/h9-11H,4-8H2,1-3H3. The topological polar surface area (TPSA) is 29.5 Å². The fraction of sp³-hybridized carbons (Fsp3) is 0.917. The van der Waals surface area contributed by atoms with Crippen molar-refractivity contribution in [3.8, 4) is 0 Å². The summed E-state index contributed by atoms with van der Waals surface area (Å²) in [7, 11) is 0. The Bertz CT molecular complexity index is 235. The summed E-state index contributed by atoms with van der Waals surface area (Å²) in [6.45, 7) is 7.49. The van der Waals surface area contributed by atoms with Crippen LogP contribution in [0.1, 0.15) is 33.6 Å². The first-order valence-corrected chi connectivity index (χ1v) is 6.58. The number of alkyl halides is 1. The number of nitrogens with zero attached hydrogens (tertiary/aromatic N) is 1. The predicted molar refractivity (Wildman–Crippen MR) is 65.7 cm³/mol. The van der Waals surface area contributed by atoms with Crippen LogP contribution in [0.25, 0.3) is 0 Å². The normalized spacial score (nSPS) is 27.9. The molecule has 0 bridgehead atoms. The number of ether oxygens (including phenoxy) is 1. The van der Waals surface area contributed by atoms with Crippen molar-refractivity contribution in [3.05, 3.63) is 0 Å². The van der Waals surface area contributed by atoms with Gasteiger partial charge in [-0.05, 0) is 12.8 Å². The number of hydrogen-bond donors (Lipinski definition) is 0. The van der Waals surface area contributed by atoms with Crippen molar-refractivity contribution in [3.63, 3.8) is 0 Å². The molecule has 1 heterocycles. The smallest absolute Gasteiger partial charge is 0.223 e. The van der Waals surface area contributed by atoms with Crippen molar-refractivity contribution < 1.29 is 9.53 Å². The SMILES string of the molecule is CCC(C)CC(=O)N1CC(CCl)OCC1C. The van der Waals surface area contributed by atoms with Crippen molar-refractivity contribution >= 4 is 17.5 Å². The van der Waals surface area contributed by atoms with E-state index in [0.29, 0.717) is 31.4 Å². The molecule has 0 spiro atoms. The van der Waals surface area contributed by atoms with Gasteiger partial charge in [-0.15, -0.1) is 11.6 Å². The zero-order chi connectivity index (χ0) is 12.1. The Morgan fingerprint density at radius 1 is 1.62 bits per heavy atom. The van der Waals surface area contributed by atoms with Crippen LogP contribution in [0.5, 0.6) is 0 Å². The van der Waals surface area contributed by atoms with E-state index in [9.17, 15) is 4.79 Å². The summed E-state index contributed by atoms with van der Waals surface area (Å²) in [6, 6.07) is 0.177. The number of halogens is 1. The lowest BCUT2D eigenvalue weighted by Crippen LogP contribution is -2.51. The minimum atomic E-state index is -0.00116. The molecule has 16 heavy (non-hydrogen) atoms. The number of morpholine rings is 1. The molecule has 1 aliphatic rings. The maximum Gasteiger partial charge on any atom is 0.223 e. The maximum absolute atomic E-state index is 12.1. The van der Waals surface area contributed by atoms with E-state index < -0.39 is 0 Å². The summed E-state index contributed by atoms with van der Waals surface area (Å²) in [4.78, 5) is 14.0. The predicted octanol–water partition coefficient (Wildman–Crippen LogP) is 2.28. The monoisotopic (exact) mass is 247 g/mol. The van der Waals surface area contributed by atoms with Gasteiger partial charge in [-0.1, -0.05) is 20.3 Å². The summed E-state index contributed by atoms with van der Waals surface area (Å²) in [6.07, 6.45) is 1.68. The van der Waals surface area contributed by atoms with Crippen molar-refractivity contribution in [2.75, 3.05) is 19.0 Å². The van der Waals surface area contributed by atoms with Crippen molar-refractivity contribution in [1.82, 2.24) is 4.90 Å². The summed E-state index contributed by atoms with van der Waals surface area (Å²) >= 11 is 5.77. The van der Waals surface area contributed by atoms with Gasteiger partial charge in [-0.3, -0.25) is 4.79 Å². The van der Waals surface area contributed by atoms with E-state index in [0.717, 1.165) is 6.42 Å². The maximum atomic E-state index is 12.1. The number of carbonyl (C=O) groups excluding carboxylic acids is 1. The van der Waals surface area contributed by atoms with Gasteiger partial charge in [0.15, 0.2) is 0 Å². The Morgan fingerprint density at radius 3 is 2.88 bits per heavy atom. The van der Waals surface area contributed by atoms with E-state index in [-0.39, 0.29) is 18.1 Å². The lowest BCUT2D eigenvalue weighted by molar-refractivity contribution is -0.143. The Hall–Kier alpha value is -0.280. The Kier molecular flexibility index (Phi) is 5.56. The van der Waals surface area contributed by atoms with Gasteiger partial charge in [-0.2, -0.15) is 0 Å². The van der Waals surface area contributed by atoms with Crippen molar-refractivity contribution in [2.24, 2.45) is 5.92 Å². The summed E-state index contributed by atoms with van der Waals surface area (Å²) in [5.41, 5.74) is 0. The number of amides is 1. The van der Waals surface area contributed by atoms with E-state index in [2.05, 4.69) is 13.8 Å². The first-order chi connectivity index (χ1) is 7.58. The van der Waals surface area contributed by atoms with Gasteiger partial charge in [0.25, 0.3) is 0 Å². The van der Waals surface area contributed by atoms with Gasteiger partial charge in [0.05, 0.1) is 24.6 Å². The highest BCUT2D eigenvalue weighted by molar-refractivity contribution is 6.18. The zero-order valence-corrected chi connectivity index (χ0v) is 11.2. The van der Waals surface area contributed by atoms with Crippen LogP contribution in [0.2, 0.25) is 0 Å². The molecule has 3 nitrogen and oxygen atoms in total. The van der Waals surface area contributed by atoms with Crippen molar-refractivity contribution in [1.29, 1.82) is 0 Å². The largest absolute Gasteiger partial charge is 0.373 e. The first kappa shape index (κ1) is 13.8. The Balaban J connectivity index is 2.51. The lowest BCUT2D eigenvalue weighted by atomic mass is 10.0. The fourth-order valence-corrected chi connectivity index (χ4v) is 2.00. The summed E-state index contributed by atoms with van der Waals surface area (Å²) in [5.74, 6) is 1.15. The average Bonchev–Trinajstić information content (AvgIpc) is 2.29. The number of carbonyl (C=O) groups is 1. The molecule has 1 rings (SSSR count). The zero-order valence-electron chi connectivity index (χ0n) is 10.4. The van der Waals surface area contributed by atoms with E-state index in [1.54, 1.807) is 0 Å². The van der Waals surface area contributed by atoms with Gasteiger partial charge >= 0.3 is 0 Å². The minimum absolute atomic E-state index is 0.00116. The number of rotatable bonds is 4. The molecule has 0 N–H and O–H groups in total. The van der Waals surface area contributed by atoms with Crippen LogP contribution in [-0.4, -0.2) is 42.0 Å². The molecule has 0 radical (unpaired) electrons. The van der Waals surface area contributed by atoms with Crippen LogP contribution >= 0.6 is 11.6 Å². The molecule has 0 aromatic heterocycles. The highest BCUT2D eigenvalue weighted by Crippen LogP contribution is 2.17. The fourth-order valence-electron chi connectivity index (χ4n) is 1.82. The number of hydrogen-bond acceptors (Lipinski definition) is 2. The van der Waals surface area contributed by atoms with Gasteiger partial charge in [-0.25, -0.2) is 0 Å². The van der Waals surface area contributed by atoms with Gasteiger partial charge < -0.3 is 9.64 Å². The third-order valence-corrected chi connectivity index (χ3v) is 3.56.